The van der Waals surface area contributed by atoms with Crippen molar-refractivity contribution in [2.24, 2.45) is 0 Å². The monoisotopic (exact) mass is 338 g/mol. The van der Waals surface area contributed by atoms with Gasteiger partial charge in [-0.3, -0.25) is 0 Å². The Labute approximate surface area is 147 Å². The number of hydrogen-bond acceptors (Lipinski definition) is 4. The number of allylic oxidation sites excluding steroid dienone is 1. The van der Waals surface area contributed by atoms with Gasteiger partial charge in [-0.05, 0) is 30.5 Å². The molecule has 1 saturated carbocycles. The number of hydrogen-bond donors (Lipinski definition) is 0. The van der Waals surface area contributed by atoms with Crippen LogP contribution in [0.4, 0.5) is 0 Å². The summed E-state index contributed by atoms with van der Waals surface area (Å²) in [6, 6.07) is 9.92. The highest BCUT2D eigenvalue weighted by atomic mass is 32.2. The summed E-state index contributed by atoms with van der Waals surface area (Å²) in [5.74, 6) is 2.43. The second kappa shape index (κ2) is 8.16. The van der Waals surface area contributed by atoms with Gasteiger partial charge in [-0.2, -0.15) is 5.26 Å². The van der Waals surface area contributed by atoms with Gasteiger partial charge in [0, 0.05) is 18.2 Å². The molecule has 1 aromatic heterocycles. The third-order valence-corrected chi connectivity index (χ3v) is 5.49. The second-order valence-corrected chi connectivity index (χ2v) is 7.12. The first-order valence-electron chi connectivity index (χ1n) is 8.47. The van der Waals surface area contributed by atoms with Crippen LogP contribution in [-0.2, 0) is 12.3 Å². The van der Waals surface area contributed by atoms with Crippen LogP contribution in [0.2, 0.25) is 0 Å². The van der Waals surface area contributed by atoms with E-state index < -0.39 is 0 Å². The quantitative estimate of drug-likeness (QED) is 0.567. The topological polar surface area (TPSA) is 54.5 Å². The normalized spacial score (nSPS) is 15.1. The van der Waals surface area contributed by atoms with Gasteiger partial charge in [-0.1, -0.05) is 49.2 Å². The lowest BCUT2D eigenvalue weighted by atomic mass is 9.89. The molecule has 0 atom stereocenters. The van der Waals surface area contributed by atoms with Crippen molar-refractivity contribution in [1.82, 2.24) is 14.8 Å². The molecule has 0 aliphatic heterocycles. The standard InChI is InChI=1S/C19H22N4S/c1-2-11-23-18(17-9-4-3-5-10-17)21-22-19(23)24-14-16-8-6-7-15(12-16)13-20/h2,6-8,12,17H,1,3-5,9-11,14H2. The number of benzene rings is 1. The first kappa shape index (κ1) is 16.8. The molecule has 0 spiro atoms. The summed E-state index contributed by atoms with van der Waals surface area (Å²) in [5, 5.41) is 18.9. The van der Waals surface area contributed by atoms with Gasteiger partial charge in [0.25, 0.3) is 0 Å². The molecule has 1 aliphatic carbocycles. The van der Waals surface area contributed by atoms with Gasteiger partial charge in [0.05, 0.1) is 11.6 Å². The van der Waals surface area contributed by atoms with E-state index in [4.69, 9.17) is 5.26 Å². The van der Waals surface area contributed by atoms with Crippen LogP contribution in [0.1, 0.15) is 55.0 Å². The van der Waals surface area contributed by atoms with Gasteiger partial charge in [-0.25, -0.2) is 0 Å². The van der Waals surface area contributed by atoms with Crippen molar-refractivity contribution < 1.29 is 0 Å². The zero-order chi connectivity index (χ0) is 16.8. The number of nitriles is 1. The summed E-state index contributed by atoms with van der Waals surface area (Å²) < 4.78 is 2.21. The van der Waals surface area contributed by atoms with Crippen LogP contribution in [0, 0.1) is 11.3 Å². The Balaban J connectivity index is 1.76. The Morgan fingerprint density at radius 1 is 1.29 bits per heavy atom. The maximum absolute atomic E-state index is 9.01. The maximum atomic E-state index is 9.01. The van der Waals surface area contributed by atoms with Crippen LogP contribution in [0.5, 0.6) is 0 Å². The van der Waals surface area contributed by atoms with Crippen molar-refractivity contribution in [2.75, 3.05) is 0 Å². The van der Waals surface area contributed by atoms with Crippen molar-refractivity contribution >= 4 is 11.8 Å². The molecule has 24 heavy (non-hydrogen) atoms. The predicted molar refractivity (Wildman–Crippen MR) is 96.8 cm³/mol. The molecule has 3 rings (SSSR count). The second-order valence-electron chi connectivity index (χ2n) is 6.18. The SMILES string of the molecule is C=CCn1c(SCc2cccc(C#N)c2)nnc1C1CCCCC1. The lowest BCUT2D eigenvalue weighted by molar-refractivity contribution is 0.415. The van der Waals surface area contributed by atoms with E-state index in [0.29, 0.717) is 11.5 Å². The molecule has 0 amide bonds. The molecule has 0 saturated heterocycles. The minimum atomic E-state index is 0.530. The van der Waals surface area contributed by atoms with Crippen molar-refractivity contribution in [3.8, 4) is 6.07 Å². The van der Waals surface area contributed by atoms with Crippen LogP contribution < -0.4 is 0 Å². The van der Waals surface area contributed by atoms with Crippen LogP contribution in [0.25, 0.3) is 0 Å². The number of rotatable bonds is 6. The van der Waals surface area contributed by atoms with E-state index in [1.165, 1.54) is 32.1 Å². The average Bonchev–Trinajstić information content (AvgIpc) is 3.04. The first-order chi connectivity index (χ1) is 11.8. The van der Waals surface area contributed by atoms with Gasteiger partial charge in [-0.15, -0.1) is 16.8 Å². The Bertz CT molecular complexity index is 738. The van der Waals surface area contributed by atoms with Gasteiger partial charge in [0.2, 0.25) is 0 Å². The number of thioether (sulfide) groups is 1. The molecule has 2 aromatic rings. The van der Waals surface area contributed by atoms with E-state index in [1.807, 2.05) is 30.3 Å². The van der Waals surface area contributed by atoms with E-state index in [-0.39, 0.29) is 0 Å². The Morgan fingerprint density at radius 2 is 2.12 bits per heavy atom. The highest BCUT2D eigenvalue weighted by Crippen LogP contribution is 2.33. The van der Waals surface area contributed by atoms with Gasteiger partial charge in [0.1, 0.15) is 5.82 Å². The Morgan fingerprint density at radius 3 is 2.88 bits per heavy atom. The summed E-state index contributed by atoms with van der Waals surface area (Å²) in [6.45, 7) is 4.63. The van der Waals surface area contributed by atoms with Crippen molar-refractivity contribution in [3.63, 3.8) is 0 Å². The van der Waals surface area contributed by atoms with E-state index in [1.54, 1.807) is 11.8 Å². The molecular weight excluding hydrogens is 316 g/mol. The van der Waals surface area contributed by atoms with Crippen molar-refractivity contribution in [3.05, 3.63) is 53.9 Å². The van der Waals surface area contributed by atoms with Crippen LogP contribution >= 0.6 is 11.8 Å². The molecular formula is C19H22N4S. The fourth-order valence-corrected chi connectivity index (χ4v) is 4.15. The fourth-order valence-electron chi connectivity index (χ4n) is 3.25. The smallest absolute Gasteiger partial charge is 0.191 e. The minimum Gasteiger partial charge on any atom is -0.302 e. The summed E-state index contributed by atoms with van der Waals surface area (Å²) in [5.41, 5.74) is 1.83. The van der Waals surface area contributed by atoms with Crippen LogP contribution in [0.3, 0.4) is 0 Å². The Kier molecular flexibility index (Phi) is 5.71. The lowest BCUT2D eigenvalue weighted by Crippen LogP contribution is -2.12. The molecule has 0 bridgehead atoms. The molecule has 1 fully saturated rings. The minimum absolute atomic E-state index is 0.530. The molecule has 0 radical (unpaired) electrons. The summed E-state index contributed by atoms with van der Waals surface area (Å²) in [4.78, 5) is 0. The number of nitrogens with zero attached hydrogens (tertiary/aromatic N) is 4. The van der Waals surface area contributed by atoms with Gasteiger partial charge in [0.15, 0.2) is 5.16 Å². The highest BCUT2D eigenvalue weighted by molar-refractivity contribution is 7.98. The van der Waals surface area contributed by atoms with Crippen molar-refractivity contribution in [2.45, 2.75) is 55.5 Å². The fraction of sp³-hybridized carbons (Fsp3) is 0.421. The molecule has 124 valence electrons. The summed E-state index contributed by atoms with van der Waals surface area (Å²) >= 11 is 1.68. The summed E-state index contributed by atoms with van der Waals surface area (Å²) in [7, 11) is 0. The molecule has 1 aromatic carbocycles. The van der Waals surface area contributed by atoms with Crippen LogP contribution in [0.15, 0.2) is 42.1 Å². The molecule has 0 N–H and O–H groups in total. The third-order valence-electron chi connectivity index (χ3n) is 4.45. The molecule has 0 unspecified atom stereocenters. The van der Waals surface area contributed by atoms with E-state index in [0.717, 1.165) is 28.8 Å². The van der Waals surface area contributed by atoms with Gasteiger partial charge < -0.3 is 4.57 Å². The van der Waals surface area contributed by atoms with Gasteiger partial charge >= 0.3 is 0 Å². The predicted octanol–water partition coefficient (Wildman–Crippen LogP) is 4.68. The molecule has 1 aliphatic rings. The van der Waals surface area contributed by atoms with E-state index in [9.17, 15) is 0 Å². The third kappa shape index (κ3) is 3.88. The molecule has 5 heteroatoms. The number of aromatic nitrogens is 3. The van der Waals surface area contributed by atoms with E-state index in [2.05, 4.69) is 27.4 Å². The maximum Gasteiger partial charge on any atom is 0.191 e. The van der Waals surface area contributed by atoms with E-state index >= 15 is 0 Å². The zero-order valence-corrected chi connectivity index (χ0v) is 14.6. The average molecular weight is 338 g/mol. The highest BCUT2D eigenvalue weighted by Gasteiger charge is 2.22. The largest absolute Gasteiger partial charge is 0.302 e. The Hall–Kier alpha value is -2.06. The summed E-state index contributed by atoms with van der Waals surface area (Å²) in [6.07, 6.45) is 8.25. The first-order valence-corrected chi connectivity index (χ1v) is 9.46. The van der Waals surface area contributed by atoms with Crippen LogP contribution in [-0.4, -0.2) is 14.8 Å². The van der Waals surface area contributed by atoms with Crippen molar-refractivity contribution in [1.29, 1.82) is 5.26 Å². The molecule has 1 heterocycles. The lowest BCUT2D eigenvalue weighted by Gasteiger charge is -2.21. The molecule has 4 nitrogen and oxygen atoms in total. The zero-order valence-electron chi connectivity index (χ0n) is 13.8.